The third-order valence-corrected chi connectivity index (χ3v) is 6.97. The first kappa shape index (κ1) is 25.4. The van der Waals surface area contributed by atoms with Gasteiger partial charge in [-0.25, -0.2) is 0 Å². The number of hydrogen-bond acceptors (Lipinski definition) is 3. The molecule has 3 rings (SSSR count). The van der Waals surface area contributed by atoms with Gasteiger partial charge in [-0.15, -0.1) is 0 Å². The molecule has 1 aliphatic rings. The smallest absolute Gasteiger partial charge is 0.392 e. The number of ether oxygens (including phenoxy) is 1. The summed E-state index contributed by atoms with van der Waals surface area (Å²) in [4.78, 5) is 25.1. The first-order valence-electron chi connectivity index (χ1n) is 10.5. The number of hydrogen-bond donors (Lipinski definition) is 1. The van der Waals surface area contributed by atoms with Gasteiger partial charge in [0.2, 0.25) is 5.91 Å². The van der Waals surface area contributed by atoms with Crippen LogP contribution in [-0.4, -0.2) is 25.2 Å². The second-order valence-corrected chi connectivity index (χ2v) is 9.27. The minimum absolute atomic E-state index is 0.178. The van der Waals surface area contributed by atoms with E-state index in [1.54, 1.807) is 18.2 Å². The van der Waals surface area contributed by atoms with Gasteiger partial charge in [0.25, 0.3) is 0 Å². The van der Waals surface area contributed by atoms with Gasteiger partial charge in [0.05, 0.1) is 36.1 Å². The lowest BCUT2D eigenvalue weighted by molar-refractivity contribution is -0.178. The van der Waals surface area contributed by atoms with Gasteiger partial charge in [0, 0.05) is 10.4 Å². The number of rotatable bonds is 7. The Morgan fingerprint density at radius 2 is 1.76 bits per heavy atom. The summed E-state index contributed by atoms with van der Waals surface area (Å²) in [6.07, 6.45) is -1.96. The van der Waals surface area contributed by atoms with E-state index in [-0.39, 0.29) is 28.7 Å². The van der Waals surface area contributed by atoms with Crippen LogP contribution in [0.4, 0.5) is 18.9 Å². The monoisotopic (exact) mass is 501 g/mol. The van der Waals surface area contributed by atoms with Crippen molar-refractivity contribution in [2.45, 2.75) is 50.1 Å². The maximum atomic E-state index is 13.6. The van der Waals surface area contributed by atoms with E-state index >= 15 is 0 Å². The summed E-state index contributed by atoms with van der Waals surface area (Å²) in [5.74, 6) is -4.64. The van der Waals surface area contributed by atoms with E-state index in [4.69, 9.17) is 27.9 Å². The number of alkyl halides is 3. The molecule has 0 aliphatic heterocycles. The summed E-state index contributed by atoms with van der Waals surface area (Å²) in [7, 11) is 1.32. The molecule has 1 amide bonds. The lowest BCUT2D eigenvalue weighted by Crippen LogP contribution is -2.37. The Morgan fingerprint density at radius 1 is 1.12 bits per heavy atom. The Balaban J connectivity index is 1.93. The van der Waals surface area contributed by atoms with Crippen LogP contribution in [0.25, 0.3) is 0 Å². The first-order chi connectivity index (χ1) is 15.5. The molecular formula is C24H24Cl2F3NO3. The van der Waals surface area contributed by atoms with Crippen LogP contribution in [0.15, 0.2) is 42.5 Å². The molecule has 0 spiro atoms. The van der Waals surface area contributed by atoms with Crippen LogP contribution in [0.3, 0.4) is 0 Å². The topological polar surface area (TPSA) is 55.4 Å². The van der Waals surface area contributed by atoms with Gasteiger partial charge in [-0.2, -0.15) is 13.2 Å². The highest BCUT2D eigenvalue weighted by molar-refractivity contribution is 6.33. The van der Waals surface area contributed by atoms with Gasteiger partial charge in [-0.05, 0) is 48.2 Å². The van der Waals surface area contributed by atoms with Crippen molar-refractivity contribution in [1.82, 2.24) is 0 Å². The van der Waals surface area contributed by atoms with Crippen LogP contribution >= 0.6 is 23.2 Å². The molecule has 2 aromatic rings. The summed E-state index contributed by atoms with van der Waals surface area (Å²) in [6.45, 7) is 0.969. The van der Waals surface area contributed by atoms with Crippen molar-refractivity contribution in [3.63, 3.8) is 0 Å². The normalized spacial score (nSPS) is 16.9. The minimum atomic E-state index is -4.59. The van der Waals surface area contributed by atoms with Crippen LogP contribution < -0.4 is 5.32 Å². The standard InChI is InChI=1S/C24H24Cl2F3NO3/c1-14(24(27,28)29)21(15-4-7-17(25)8-5-15)22(32)30-19-12-16(6-9-18(19)26)23(10-3-11-23)13-20(31)33-2/h4-9,12,14,21H,3,10-11,13H2,1-2H3,(H,30,32). The Labute approximate surface area is 200 Å². The number of methoxy groups -OCH3 is 1. The minimum Gasteiger partial charge on any atom is -0.469 e. The molecule has 1 fully saturated rings. The fraction of sp³-hybridized carbons (Fsp3) is 0.417. The number of carbonyl (C=O) groups is 2. The molecule has 2 aromatic carbocycles. The lowest BCUT2D eigenvalue weighted by Gasteiger charge is -2.42. The Hall–Kier alpha value is -2.25. The molecule has 9 heteroatoms. The van der Waals surface area contributed by atoms with Crippen molar-refractivity contribution in [3.05, 3.63) is 63.6 Å². The van der Waals surface area contributed by atoms with Crippen LogP contribution in [0, 0.1) is 5.92 Å². The predicted molar refractivity (Wildman–Crippen MR) is 122 cm³/mol. The van der Waals surface area contributed by atoms with Crippen molar-refractivity contribution < 1.29 is 27.5 Å². The van der Waals surface area contributed by atoms with Crippen LogP contribution in [0.2, 0.25) is 10.0 Å². The number of esters is 1. The van der Waals surface area contributed by atoms with Crippen molar-refractivity contribution in [3.8, 4) is 0 Å². The molecule has 33 heavy (non-hydrogen) atoms. The molecule has 0 radical (unpaired) electrons. The zero-order valence-electron chi connectivity index (χ0n) is 18.1. The van der Waals surface area contributed by atoms with Crippen molar-refractivity contribution in [2.24, 2.45) is 5.92 Å². The summed E-state index contributed by atoms with van der Waals surface area (Å²) in [5, 5.41) is 3.12. The van der Waals surface area contributed by atoms with Gasteiger partial charge in [0.15, 0.2) is 0 Å². The lowest BCUT2D eigenvalue weighted by atomic mass is 9.62. The van der Waals surface area contributed by atoms with Crippen molar-refractivity contribution in [2.75, 3.05) is 12.4 Å². The van der Waals surface area contributed by atoms with E-state index in [1.807, 2.05) is 0 Å². The quantitative estimate of drug-likeness (QED) is 0.419. The maximum absolute atomic E-state index is 13.6. The molecule has 178 valence electrons. The molecule has 2 atom stereocenters. The molecule has 0 aromatic heterocycles. The van der Waals surface area contributed by atoms with E-state index in [0.717, 1.165) is 31.7 Å². The number of halogens is 5. The Kier molecular flexibility index (Phi) is 7.64. The molecule has 2 unspecified atom stereocenters. The number of carbonyl (C=O) groups excluding carboxylic acids is 2. The zero-order chi connectivity index (χ0) is 24.4. The highest BCUT2D eigenvalue weighted by atomic mass is 35.5. The van der Waals surface area contributed by atoms with Crippen LogP contribution in [0.5, 0.6) is 0 Å². The first-order valence-corrected chi connectivity index (χ1v) is 11.2. The van der Waals surface area contributed by atoms with Gasteiger partial charge in [0.1, 0.15) is 0 Å². The number of nitrogens with one attached hydrogen (secondary N) is 1. The zero-order valence-corrected chi connectivity index (χ0v) is 19.7. The third-order valence-electron chi connectivity index (χ3n) is 6.39. The Morgan fingerprint density at radius 3 is 2.27 bits per heavy atom. The molecule has 1 N–H and O–H groups in total. The largest absolute Gasteiger partial charge is 0.469 e. The van der Waals surface area contributed by atoms with Gasteiger partial charge in [-0.3, -0.25) is 9.59 Å². The predicted octanol–water partition coefficient (Wildman–Crippen LogP) is 6.90. The van der Waals surface area contributed by atoms with E-state index in [9.17, 15) is 22.8 Å². The van der Waals surface area contributed by atoms with Crippen LogP contribution in [-0.2, 0) is 19.7 Å². The SMILES string of the molecule is COC(=O)CC1(c2ccc(Cl)c(NC(=O)C(c3ccc(Cl)cc3)C(C)C(F)(F)F)c2)CCC1. The molecular weight excluding hydrogens is 478 g/mol. The average molecular weight is 502 g/mol. The molecule has 0 bridgehead atoms. The number of anilines is 1. The van der Waals surface area contributed by atoms with E-state index in [1.165, 1.54) is 31.4 Å². The van der Waals surface area contributed by atoms with Gasteiger partial charge in [-0.1, -0.05) is 54.7 Å². The average Bonchev–Trinajstić information content (AvgIpc) is 2.73. The van der Waals surface area contributed by atoms with Crippen molar-refractivity contribution >= 4 is 40.8 Å². The summed E-state index contributed by atoms with van der Waals surface area (Å²) >= 11 is 12.1. The Bertz CT molecular complexity index is 1020. The maximum Gasteiger partial charge on any atom is 0.392 e. The highest BCUT2D eigenvalue weighted by Gasteiger charge is 2.45. The van der Waals surface area contributed by atoms with Gasteiger partial charge >= 0.3 is 12.1 Å². The molecule has 1 saturated carbocycles. The number of benzene rings is 2. The van der Waals surface area contributed by atoms with E-state index in [0.29, 0.717) is 5.02 Å². The number of amides is 1. The second-order valence-electron chi connectivity index (χ2n) is 8.43. The molecule has 0 heterocycles. The fourth-order valence-electron chi connectivity index (χ4n) is 4.21. The van der Waals surface area contributed by atoms with Gasteiger partial charge < -0.3 is 10.1 Å². The molecule has 4 nitrogen and oxygen atoms in total. The molecule has 0 saturated heterocycles. The summed E-state index contributed by atoms with van der Waals surface area (Å²) < 4.78 is 45.6. The summed E-state index contributed by atoms with van der Waals surface area (Å²) in [6, 6.07) is 10.7. The second kappa shape index (κ2) is 9.94. The third kappa shape index (κ3) is 5.64. The van der Waals surface area contributed by atoms with E-state index in [2.05, 4.69) is 5.32 Å². The van der Waals surface area contributed by atoms with Crippen molar-refractivity contribution in [1.29, 1.82) is 0 Å². The van der Waals surface area contributed by atoms with E-state index < -0.39 is 29.3 Å². The molecule has 1 aliphatic carbocycles. The fourth-order valence-corrected chi connectivity index (χ4v) is 4.50. The van der Waals surface area contributed by atoms with Crippen LogP contribution in [0.1, 0.15) is 49.7 Å². The highest BCUT2D eigenvalue weighted by Crippen LogP contribution is 2.48. The summed E-state index contributed by atoms with van der Waals surface area (Å²) in [5.41, 5.74) is 0.732.